The minimum atomic E-state index is 0.695. The number of nitriles is 1. The number of hydrogen-bond donors (Lipinski definition) is 0. The zero-order chi connectivity index (χ0) is 19.2. The van der Waals surface area contributed by atoms with Crippen LogP contribution in [0.3, 0.4) is 0 Å². The van der Waals surface area contributed by atoms with Gasteiger partial charge in [-0.2, -0.15) is 5.26 Å². The maximum absolute atomic E-state index is 9.39. The van der Waals surface area contributed by atoms with Gasteiger partial charge in [0, 0.05) is 39.1 Å². The molecule has 0 aliphatic carbocycles. The lowest BCUT2D eigenvalue weighted by Crippen LogP contribution is -2.45. The lowest BCUT2D eigenvalue weighted by Gasteiger charge is -2.32. The van der Waals surface area contributed by atoms with Gasteiger partial charge < -0.3 is 9.64 Å². The van der Waals surface area contributed by atoms with Gasteiger partial charge in [0.15, 0.2) is 0 Å². The Bertz CT molecular complexity index is 817. The monoisotopic (exact) mass is 363 g/mol. The predicted molar refractivity (Wildman–Crippen MR) is 109 cm³/mol. The molecule has 142 valence electrons. The first kappa shape index (κ1) is 19.4. The Balaban J connectivity index is 1.72. The molecule has 0 aromatic heterocycles. The van der Waals surface area contributed by atoms with Crippen LogP contribution in [-0.2, 0) is 6.42 Å². The first-order valence-electron chi connectivity index (χ1n) is 9.68. The van der Waals surface area contributed by atoms with Gasteiger partial charge in [0.25, 0.3) is 0 Å². The van der Waals surface area contributed by atoms with Gasteiger partial charge in [0.2, 0.25) is 0 Å². The second kappa shape index (κ2) is 9.03. The summed E-state index contributed by atoms with van der Waals surface area (Å²) in [6, 6.07) is 14.5. The number of hydrogen-bond acceptors (Lipinski definition) is 4. The van der Waals surface area contributed by atoms with Crippen LogP contribution in [0.1, 0.15) is 27.8 Å². The van der Waals surface area contributed by atoms with Crippen molar-refractivity contribution in [3.05, 3.63) is 64.2 Å². The largest absolute Gasteiger partial charge is 0.492 e. The molecule has 1 heterocycles. The van der Waals surface area contributed by atoms with Crippen LogP contribution in [0.15, 0.2) is 36.4 Å². The van der Waals surface area contributed by atoms with E-state index in [0.717, 1.165) is 67.1 Å². The molecule has 2 aromatic carbocycles. The smallest absolute Gasteiger partial charge is 0.125 e. The number of benzene rings is 2. The highest BCUT2D eigenvalue weighted by Crippen LogP contribution is 2.28. The standard InChI is InChI=1S/C23H29N3O/c1-18-14-19(2)23(27-13-12-26-10-8-25(3)9-11-26)22(15-18)16-20-6-4-5-7-21(20)17-24/h4-7,14-15H,8-13,16H2,1-3H3. The zero-order valence-electron chi connectivity index (χ0n) is 16.7. The zero-order valence-corrected chi connectivity index (χ0v) is 16.7. The Labute approximate surface area is 163 Å². The fourth-order valence-electron chi connectivity index (χ4n) is 3.72. The number of piperazine rings is 1. The van der Waals surface area contributed by atoms with E-state index in [-0.39, 0.29) is 0 Å². The number of ether oxygens (including phenoxy) is 1. The molecule has 4 heteroatoms. The second-order valence-electron chi connectivity index (χ2n) is 7.51. The topological polar surface area (TPSA) is 39.5 Å². The number of nitrogens with zero attached hydrogens (tertiary/aromatic N) is 3. The van der Waals surface area contributed by atoms with E-state index in [1.807, 2.05) is 24.3 Å². The van der Waals surface area contributed by atoms with Crippen molar-refractivity contribution in [2.45, 2.75) is 20.3 Å². The van der Waals surface area contributed by atoms with Crippen LogP contribution in [-0.4, -0.2) is 56.2 Å². The van der Waals surface area contributed by atoms with Gasteiger partial charge in [0.1, 0.15) is 12.4 Å². The molecule has 1 aliphatic rings. The SMILES string of the molecule is Cc1cc(C)c(OCCN2CCN(C)CC2)c(Cc2ccccc2C#N)c1. The first-order chi connectivity index (χ1) is 13.1. The average molecular weight is 364 g/mol. The van der Waals surface area contributed by atoms with Gasteiger partial charge in [-0.05, 0) is 43.7 Å². The molecule has 0 unspecified atom stereocenters. The molecule has 0 saturated carbocycles. The Morgan fingerprint density at radius 3 is 2.52 bits per heavy atom. The summed E-state index contributed by atoms with van der Waals surface area (Å²) in [5, 5.41) is 9.39. The molecule has 1 saturated heterocycles. The Hall–Kier alpha value is -2.35. The van der Waals surface area contributed by atoms with Crippen molar-refractivity contribution in [3.63, 3.8) is 0 Å². The average Bonchev–Trinajstić information content (AvgIpc) is 2.65. The number of likely N-dealkylation sites (N-methyl/N-ethyl adjacent to an activating group) is 1. The molecular weight excluding hydrogens is 334 g/mol. The van der Waals surface area contributed by atoms with E-state index >= 15 is 0 Å². The molecule has 27 heavy (non-hydrogen) atoms. The van der Waals surface area contributed by atoms with E-state index in [2.05, 4.69) is 48.9 Å². The minimum Gasteiger partial charge on any atom is -0.492 e. The molecule has 0 spiro atoms. The van der Waals surface area contributed by atoms with E-state index in [1.54, 1.807) is 0 Å². The molecule has 0 radical (unpaired) electrons. The summed E-state index contributed by atoms with van der Waals surface area (Å²) >= 11 is 0. The van der Waals surface area contributed by atoms with Crippen LogP contribution < -0.4 is 4.74 Å². The third kappa shape index (κ3) is 5.09. The molecule has 3 rings (SSSR count). The summed E-state index contributed by atoms with van der Waals surface area (Å²) < 4.78 is 6.26. The second-order valence-corrected chi connectivity index (χ2v) is 7.51. The highest BCUT2D eigenvalue weighted by atomic mass is 16.5. The van der Waals surface area contributed by atoms with Crippen molar-refractivity contribution in [2.75, 3.05) is 46.4 Å². The van der Waals surface area contributed by atoms with Gasteiger partial charge in [-0.25, -0.2) is 0 Å². The molecule has 0 bridgehead atoms. The molecular formula is C23H29N3O. The normalized spacial score (nSPS) is 15.5. The first-order valence-corrected chi connectivity index (χ1v) is 9.68. The van der Waals surface area contributed by atoms with Crippen LogP contribution in [0.25, 0.3) is 0 Å². The molecule has 0 amide bonds. The van der Waals surface area contributed by atoms with Crippen LogP contribution in [0.2, 0.25) is 0 Å². The highest BCUT2D eigenvalue weighted by Gasteiger charge is 2.15. The van der Waals surface area contributed by atoms with E-state index < -0.39 is 0 Å². The predicted octanol–water partition coefficient (Wildman–Crippen LogP) is 3.39. The maximum Gasteiger partial charge on any atom is 0.125 e. The van der Waals surface area contributed by atoms with E-state index in [1.165, 1.54) is 5.56 Å². The Morgan fingerprint density at radius 1 is 1.04 bits per heavy atom. The van der Waals surface area contributed by atoms with Crippen molar-refractivity contribution in [3.8, 4) is 11.8 Å². The highest BCUT2D eigenvalue weighted by molar-refractivity contribution is 5.48. The van der Waals surface area contributed by atoms with Crippen molar-refractivity contribution < 1.29 is 4.74 Å². The summed E-state index contributed by atoms with van der Waals surface area (Å²) in [5.41, 5.74) is 5.34. The van der Waals surface area contributed by atoms with Gasteiger partial charge in [-0.15, -0.1) is 0 Å². The van der Waals surface area contributed by atoms with Crippen molar-refractivity contribution in [1.82, 2.24) is 9.80 Å². The van der Waals surface area contributed by atoms with Crippen molar-refractivity contribution in [1.29, 1.82) is 5.26 Å². The van der Waals surface area contributed by atoms with Gasteiger partial charge in [0.05, 0.1) is 11.6 Å². The summed E-state index contributed by atoms with van der Waals surface area (Å²) in [7, 11) is 2.18. The third-order valence-electron chi connectivity index (χ3n) is 5.26. The van der Waals surface area contributed by atoms with Crippen LogP contribution in [0.5, 0.6) is 5.75 Å². The van der Waals surface area contributed by atoms with Crippen molar-refractivity contribution >= 4 is 0 Å². The summed E-state index contributed by atoms with van der Waals surface area (Å²) in [5.74, 6) is 0.975. The van der Waals surface area contributed by atoms with Crippen LogP contribution in [0, 0.1) is 25.2 Å². The lowest BCUT2D eigenvalue weighted by molar-refractivity contribution is 0.133. The number of aryl methyl sites for hydroxylation is 2. The van der Waals surface area contributed by atoms with Crippen LogP contribution in [0.4, 0.5) is 0 Å². The van der Waals surface area contributed by atoms with Gasteiger partial charge in [-0.3, -0.25) is 4.90 Å². The molecule has 2 aromatic rings. The fraction of sp³-hybridized carbons (Fsp3) is 0.435. The Morgan fingerprint density at radius 2 is 1.78 bits per heavy atom. The molecule has 1 aliphatic heterocycles. The van der Waals surface area contributed by atoms with Gasteiger partial charge in [-0.1, -0.05) is 35.9 Å². The summed E-state index contributed by atoms with van der Waals surface area (Å²) in [6.45, 7) is 10.3. The number of rotatable bonds is 6. The Kier molecular flexibility index (Phi) is 6.49. The fourth-order valence-corrected chi connectivity index (χ4v) is 3.72. The quantitative estimate of drug-likeness (QED) is 0.789. The maximum atomic E-state index is 9.39. The molecule has 4 nitrogen and oxygen atoms in total. The summed E-state index contributed by atoms with van der Waals surface area (Å²) in [6.07, 6.45) is 0.718. The van der Waals surface area contributed by atoms with E-state index in [4.69, 9.17) is 4.74 Å². The lowest BCUT2D eigenvalue weighted by atomic mass is 9.96. The molecule has 0 N–H and O–H groups in total. The molecule has 1 fully saturated rings. The van der Waals surface area contributed by atoms with Crippen molar-refractivity contribution in [2.24, 2.45) is 0 Å². The van der Waals surface area contributed by atoms with E-state index in [0.29, 0.717) is 6.61 Å². The minimum absolute atomic E-state index is 0.695. The van der Waals surface area contributed by atoms with E-state index in [9.17, 15) is 5.26 Å². The third-order valence-corrected chi connectivity index (χ3v) is 5.26. The molecule has 0 atom stereocenters. The van der Waals surface area contributed by atoms with Crippen LogP contribution >= 0.6 is 0 Å². The van der Waals surface area contributed by atoms with Gasteiger partial charge >= 0.3 is 0 Å². The summed E-state index contributed by atoms with van der Waals surface area (Å²) in [4.78, 5) is 4.83.